The first kappa shape index (κ1) is 11.3. The fourth-order valence-electron chi connectivity index (χ4n) is 0.774. The molecule has 1 aromatic heterocycles. The van der Waals surface area contributed by atoms with Gasteiger partial charge in [0.1, 0.15) is 16.1 Å². The number of aryl methyl sites for hydroxylation is 1. The normalized spacial score (nSPS) is 14.9. The van der Waals surface area contributed by atoms with Crippen LogP contribution in [-0.4, -0.2) is 25.3 Å². The highest BCUT2D eigenvalue weighted by Gasteiger charge is 2.25. The van der Waals surface area contributed by atoms with Crippen LogP contribution in [0.3, 0.4) is 0 Å². The number of hydrogen-bond acceptors (Lipinski definition) is 3. The maximum atomic E-state index is 11.5. The van der Waals surface area contributed by atoms with Crippen molar-refractivity contribution in [3.05, 3.63) is 18.0 Å². The van der Waals surface area contributed by atoms with E-state index >= 15 is 0 Å². The zero-order valence-corrected chi connectivity index (χ0v) is 9.71. The van der Waals surface area contributed by atoms with E-state index < -0.39 is 11.4 Å². The van der Waals surface area contributed by atoms with Gasteiger partial charge in [-0.15, -0.1) is 0 Å². The Morgan fingerprint density at radius 3 is 2.64 bits per heavy atom. The van der Waals surface area contributed by atoms with Crippen molar-refractivity contribution in [3.8, 4) is 0 Å². The molecule has 0 saturated heterocycles. The lowest BCUT2D eigenvalue weighted by Crippen LogP contribution is -2.25. The first-order chi connectivity index (χ1) is 6.39. The van der Waals surface area contributed by atoms with Crippen molar-refractivity contribution in [1.82, 2.24) is 9.78 Å². The van der Waals surface area contributed by atoms with Crippen LogP contribution < -0.4 is 0 Å². The maximum absolute atomic E-state index is 11.5. The molecule has 1 heterocycles. The first-order valence-corrected chi connectivity index (χ1v) is 5.45. The number of aromatic nitrogens is 2. The van der Waals surface area contributed by atoms with Crippen LogP contribution in [0.5, 0.6) is 0 Å². The SMILES string of the molecule is Cn1cc(/C=N/[S+]([O-])C(C)(C)C)cn1. The molecule has 78 valence electrons. The van der Waals surface area contributed by atoms with Crippen LogP contribution in [-0.2, 0) is 18.4 Å². The zero-order valence-electron chi connectivity index (χ0n) is 8.89. The van der Waals surface area contributed by atoms with Gasteiger partial charge in [0.25, 0.3) is 0 Å². The zero-order chi connectivity index (χ0) is 10.8. The van der Waals surface area contributed by atoms with Crippen molar-refractivity contribution in [2.24, 2.45) is 11.4 Å². The van der Waals surface area contributed by atoms with Crippen LogP contribution in [0.15, 0.2) is 16.8 Å². The van der Waals surface area contributed by atoms with Gasteiger partial charge in [0, 0.05) is 18.8 Å². The summed E-state index contributed by atoms with van der Waals surface area (Å²) >= 11 is -1.20. The minimum atomic E-state index is -1.20. The minimum Gasteiger partial charge on any atom is -0.591 e. The van der Waals surface area contributed by atoms with Gasteiger partial charge in [0.05, 0.1) is 12.4 Å². The molecule has 0 fully saturated rings. The summed E-state index contributed by atoms with van der Waals surface area (Å²) in [6, 6.07) is 0. The molecule has 0 aliphatic carbocycles. The molecule has 0 bridgehead atoms. The summed E-state index contributed by atoms with van der Waals surface area (Å²) in [7, 11) is 1.83. The molecule has 4 nitrogen and oxygen atoms in total. The number of hydrogen-bond donors (Lipinski definition) is 0. The van der Waals surface area contributed by atoms with E-state index in [0.29, 0.717) is 0 Å². The van der Waals surface area contributed by atoms with Crippen LogP contribution in [0, 0.1) is 0 Å². The molecule has 0 spiro atoms. The Kier molecular flexibility index (Phi) is 3.34. The summed E-state index contributed by atoms with van der Waals surface area (Å²) in [5.74, 6) is 0. The highest BCUT2D eigenvalue weighted by molar-refractivity contribution is 7.91. The maximum Gasteiger partial charge on any atom is 0.144 e. The smallest absolute Gasteiger partial charge is 0.144 e. The van der Waals surface area contributed by atoms with Crippen molar-refractivity contribution < 1.29 is 4.55 Å². The topological polar surface area (TPSA) is 53.2 Å². The van der Waals surface area contributed by atoms with Gasteiger partial charge in [-0.3, -0.25) is 4.68 Å². The molecule has 5 heteroatoms. The lowest BCUT2D eigenvalue weighted by molar-refractivity contribution is 0.562. The van der Waals surface area contributed by atoms with Gasteiger partial charge in [0.2, 0.25) is 0 Å². The Hall–Kier alpha value is -0.810. The lowest BCUT2D eigenvalue weighted by Gasteiger charge is -2.17. The van der Waals surface area contributed by atoms with Crippen LogP contribution in [0.4, 0.5) is 0 Å². The number of nitrogens with zero attached hydrogens (tertiary/aromatic N) is 3. The Morgan fingerprint density at radius 2 is 2.21 bits per heavy atom. The van der Waals surface area contributed by atoms with E-state index in [4.69, 9.17) is 0 Å². The van der Waals surface area contributed by atoms with Crippen molar-refractivity contribution >= 4 is 17.6 Å². The predicted molar refractivity (Wildman–Crippen MR) is 58.7 cm³/mol. The Morgan fingerprint density at radius 1 is 1.57 bits per heavy atom. The van der Waals surface area contributed by atoms with E-state index in [1.807, 2.05) is 34.0 Å². The number of rotatable bonds is 2. The van der Waals surface area contributed by atoms with Gasteiger partial charge in [-0.05, 0) is 20.8 Å². The van der Waals surface area contributed by atoms with Crippen molar-refractivity contribution in [3.63, 3.8) is 0 Å². The lowest BCUT2D eigenvalue weighted by atomic mass is 10.3. The van der Waals surface area contributed by atoms with E-state index in [9.17, 15) is 4.55 Å². The third-order valence-electron chi connectivity index (χ3n) is 1.55. The van der Waals surface area contributed by atoms with E-state index in [1.165, 1.54) is 0 Å². The van der Waals surface area contributed by atoms with Gasteiger partial charge in [-0.2, -0.15) is 5.10 Å². The molecular formula is C9H15N3OS. The van der Waals surface area contributed by atoms with Crippen molar-refractivity contribution in [2.45, 2.75) is 25.5 Å². The van der Waals surface area contributed by atoms with Gasteiger partial charge >= 0.3 is 0 Å². The second-order valence-electron chi connectivity index (χ2n) is 4.04. The highest BCUT2D eigenvalue weighted by atomic mass is 32.2. The fourth-order valence-corrected chi connectivity index (χ4v) is 1.31. The van der Waals surface area contributed by atoms with Gasteiger partial charge < -0.3 is 4.55 Å². The third kappa shape index (κ3) is 3.16. The molecular weight excluding hydrogens is 198 g/mol. The van der Waals surface area contributed by atoms with Crippen LogP contribution >= 0.6 is 0 Å². The summed E-state index contributed by atoms with van der Waals surface area (Å²) in [6.45, 7) is 5.68. The molecule has 0 radical (unpaired) electrons. The van der Waals surface area contributed by atoms with E-state index in [-0.39, 0.29) is 4.75 Å². The fraction of sp³-hybridized carbons (Fsp3) is 0.556. The summed E-state index contributed by atoms with van der Waals surface area (Å²) in [5.41, 5.74) is 0.866. The average molecular weight is 213 g/mol. The largest absolute Gasteiger partial charge is 0.591 e. The predicted octanol–water partition coefficient (Wildman–Crippen LogP) is 1.30. The van der Waals surface area contributed by atoms with E-state index in [0.717, 1.165) is 5.56 Å². The van der Waals surface area contributed by atoms with Crippen molar-refractivity contribution in [1.29, 1.82) is 0 Å². The van der Waals surface area contributed by atoms with Crippen LogP contribution in [0.2, 0.25) is 0 Å². The van der Waals surface area contributed by atoms with E-state index in [2.05, 4.69) is 9.50 Å². The Balaban J connectivity index is 2.65. The summed E-state index contributed by atoms with van der Waals surface area (Å²) in [6.07, 6.45) is 5.10. The standard InChI is InChI=1S/C9H15N3OS/c1-9(2,3)14(13)11-6-8-5-10-12(4)7-8/h5-7H,1-4H3/b11-6+. The molecule has 0 saturated carbocycles. The third-order valence-corrected chi connectivity index (χ3v) is 2.89. The second-order valence-corrected chi connectivity index (χ2v) is 5.98. The van der Waals surface area contributed by atoms with Gasteiger partial charge in [0.15, 0.2) is 0 Å². The highest BCUT2D eigenvalue weighted by Crippen LogP contribution is 2.16. The van der Waals surface area contributed by atoms with Crippen LogP contribution in [0.1, 0.15) is 26.3 Å². The average Bonchev–Trinajstić information content (AvgIpc) is 2.45. The quantitative estimate of drug-likeness (QED) is 0.549. The van der Waals surface area contributed by atoms with Gasteiger partial charge in [-0.25, -0.2) is 0 Å². The molecule has 14 heavy (non-hydrogen) atoms. The molecule has 1 rings (SSSR count). The molecule has 0 aliphatic rings. The molecule has 1 unspecified atom stereocenters. The molecule has 0 aliphatic heterocycles. The molecule has 1 atom stereocenters. The molecule has 0 aromatic carbocycles. The molecule has 0 amide bonds. The Labute approximate surface area is 87.4 Å². The molecule has 0 N–H and O–H groups in total. The first-order valence-electron chi connectivity index (χ1n) is 4.34. The van der Waals surface area contributed by atoms with Gasteiger partial charge in [-0.1, -0.05) is 4.40 Å². The monoisotopic (exact) mass is 213 g/mol. The minimum absolute atomic E-state index is 0.307. The van der Waals surface area contributed by atoms with E-state index in [1.54, 1.807) is 17.1 Å². The van der Waals surface area contributed by atoms with Crippen LogP contribution in [0.25, 0.3) is 0 Å². The second kappa shape index (κ2) is 4.14. The Bertz CT molecular complexity index is 327. The van der Waals surface area contributed by atoms with Crippen molar-refractivity contribution in [2.75, 3.05) is 0 Å². The summed E-state index contributed by atoms with van der Waals surface area (Å²) in [5, 5.41) is 3.98. The summed E-state index contributed by atoms with van der Waals surface area (Å²) in [4.78, 5) is 0. The summed E-state index contributed by atoms with van der Waals surface area (Å²) < 4.78 is 16.9. The molecule has 1 aromatic rings.